The van der Waals surface area contributed by atoms with Gasteiger partial charge in [0.2, 0.25) is 0 Å². The summed E-state index contributed by atoms with van der Waals surface area (Å²) in [5, 5.41) is 0. The van der Waals surface area contributed by atoms with Gasteiger partial charge in [-0.2, -0.15) is 0 Å². The first-order valence-corrected chi connectivity index (χ1v) is 12.0. The quantitative estimate of drug-likeness (QED) is 0.183. The van der Waals surface area contributed by atoms with Crippen LogP contribution >= 0.6 is 0 Å². The standard InChI is InChI=1S/C30H30O9/c1-31-21-5-13-25(14-6-21)35-29(36-26-15-7-22(32-2)8-16-26)39-30(37-27-17-9-23(33-3)10-18-27)38-28-19-11-24(34-4)12-20-28/h5-20,29-30H,1-4H3. The molecule has 0 spiro atoms. The molecule has 0 aliphatic carbocycles. The van der Waals surface area contributed by atoms with Crippen LogP contribution in [-0.2, 0) is 4.74 Å². The molecule has 4 aromatic rings. The van der Waals surface area contributed by atoms with E-state index in [2.05, 4.69) is 0 Å². The zero-order valence-corrected chi connectivity index (χ0v) is 22.1. The van der Waals surface area contributed by atoms with Crippen LogP contribution in [0.4, 0.5) is 0 Å². The van der Waals surface area contributed by atoms with Crippen LogP contribution in [0.2, 0.25) is 0 Å². The second-order valence-electron chi connectivity index (χ2n) is 7.89. The highest BCUT2D eigenvalue weighted by Gasteiger charge is 2.24. The Morgan fingerprint density at radius 2 is 0.487 bits per heavy atom. The van der Waals surface area contributed by atoms with E-state index >= 15 is 0 Å². The van der Waals surface area contributed by atoms with Crippen LogP contribution in [0, 0.1) is 0 Å². The fraction of sp³-hybridized carbons (Fsp3) is 0.200. The summed E-state index contributed by atoms with van der Waals surface area (Å²) in [6.45, 7) is -2.54. The van der Waals surface area contributed by atoms with Crippen LogP contribution in [0.5, 0.6) is 46.0 Å². The smallest absolute Gasteiger partial charge is 0.366 e. The molecule has 0 aromatic heterocycles. The third-order valence-corrected chi connectivity index (χ3v) is 5.39. The van der Waals surface area contributed by atoms with Crippen molar-refractivity contribution in [3.63, 3.8) is 0 Å². The Kier molecular flexibility index (Phi) is 9.57. The third kappa shape index (κ3) is 8.11. The van der Waals surface area contributed by atoms with Gasteiger partial charge in [-0.1, -0.05) is 0 Å². The van der Waals surface area contributed by atoms with Gasteiger partial charge in [-0.3, -0.25) is 0 Å². The minimum absolute atomic E-state index is 0.474. The number of hydrogen-bond donors (Lipinski definition) is 0. The highest BCUT2D eigenvalue weighted by molar-refractivity contribution is 5.34. The maximum absolute atomic E-state index is 6.08. The van der Waals surface area contributed by atoms with E-state index in [0.717, 1.165) is 0 Å². The van der Waals surface area contributed by atoms with E-state index in [1.807, 2.05) is 0 Å². The number of benzene rings is 4. The molecule has 9 heteroatoms. The molecule has 0 saturated heterocycles. The largest absolute Gasteiger partial charge is 0.497 e. The lowest BCUT2D eigenvalue weighted by Gasteiger charge is -2.26. The van der Waals surface area contributed by atoms with Crippen LogP contribution in [0.25, 0.3) is 0 Å². The van der Waals surface area contributed by atoms with E-state index in [1.54, 1.807) is 126 Å². The number of methoxy groups -OCH3 is 4. The topological polar surface area (TPSA) is 83.1 Å². The first-order valence-electron chi connectivity index (χ1n) is 12.0. The van der Waals surface area contributed by atoms with Crippen molar-refractivity contribution < 1.29 is 42.6 Å². The number of hydrogen-bond acceptors (Lipinski definition) is 9. The van der Waals surface area contributed by atoms with E-state index in [4.69, 9.17) is 42.6 Å². The lowest BCUT2D eigenvalue weighted by molar-refractivity contribution is -0.315. The molecule has 0 saturated carbocycles. The van der Waals surface area contributed by atoms with Gasteiger partial charge in [0, 0.05) is 0 Å². The molecular weight excluding hydrogens is 504 g/mol. The highest BCUT2D eigenvalue weighted by Crippen LogP contribution is 2.26. The van der Waals surface area contributed by atoms with Gasteiger partial charge in [0.1, 0.15) is 46.0 Å². The molecule has 0 fully saturated rings. The molecule has 204 valence electrons. The zero-order chi connectivity index (χ0) is 27.5. The summed E-state index contributed by atoms with van der Waals surface area (Å²) < 4.78 is 51.1. The Morgan fingerprint density at radius 3 is 0.667 bits per heavy atom. The Hall–Kier alpha value is -4.76. The minimum Gasteiger partial charge on any atom is -0.497 e. The van der Waals surface area contributed by atoms with Gasteiger partial charge in [0.25, 0.3) is 0 Å². The summed E-state index contributed by atoms with van der Waals surface area (Å²) in [6, 6.07) is 28.0. The average Bonchev–Trinajstić information content (AvgIpc) is 2.98. The summed E-state index contributed by atoms with van der Waals surface area (Å²) in [5.74, 6) is 4.62. The van der Waals surface area contributed by atoms with Gasteiger partial charge in [-0.25, -0.2) is 4.74 Å². The maximum atomic E-state index is 6.08. The SMILES string of the molecule is COc1ccc(OC(Oc2ccc(OC)cc2)OC(Oc2ccc(OC)cc2)Oc2ccc(OC)cc2)cc1. The van der Waals surface area contributed by atoms with Gasteiger partial charge in [0.05, 0.1) is 28.4 Å². The number of rotatable bonds is 14. The summed E-state index contributed by atoms with van der Waals surface area (Å²) in [4.78, 5) is 0. The molecule has 0 N–H and O–H groups in total. The first kappa shape index (κ1) is 27.3. The van der Waals surface area contributed by atoms with Crippen molar-refractivity contribution >= 4 is 0 Å². The van der Waals surface area contributed by atoms with Gasteiger partial charge < -0.3 is 37.9 Å². The van der Waals surface area contributed by atoms with Gasteiger partial charge >= 0.3 is 13.0 Å². The molecule has 0 bridgehead atoms. The summed E-state index contributed by atoms with van der Waals surface area (Å²) in [7, 11) is 6.36. The van der Waals surface area contributed by atoms with Crippen LogP contribution in [0.3, 0.4) is 0 Å². The van der Waals surface area contributed by atoms with Crippen LogP contribution in [-0.4, -0.2) is 41.4 Å². The molecule has 0 aliphatic rings. The monoisotopic (exact) mass is 534 g/mol. The predicted molar refractivity (Wildman–Crippen MR) is 143 cm³/mol. The van der Waals surface area contributed by atoms with Crippen molar-refractivity contribution in [2.24, 2.45) is 0 Å². The average molecular weight is 535 g/mol. The molecule has 0 aliphatic heterocycles. The molecule has 39 heavy (non-hydrogen) atoms. The fourth-order valence-corrected chi connectivity index (χ4v) is 3.31. The minimum atomic E-state index is -1.27. The van der Waals surface area contributed by atoms with E-state index in [9.17, 15) is 0 Å². The predicted octanol–water partition coefficient (Wildman–Crippen LogP) is 5.92. The van der Waals surface area contributed by atoms with Crippen LogP contribution in [0.15, 0.2) is 97.1 Å². The third-order valence-electron chi connectivity index (χ3n) is 5.39. The van der Waals surface area contributed by atoms with E-state index in [-0.39, 0.29) is 0 Å². The van der Waals surface area contributed by atoms with Gasteiger partial charge in [-0.05, 0) is 97.1 Å². The molecule has 0 heterocycles. The number of ether oxygens (including phenoxy) is 9. The maximum Gasteiger partial charge on any atom is 0.366 e. The lowest BCUT2D eigenvalue weighted by Crippen LogP contribution is -2.38. The summed E-state index contributed by atoms with van der Waals surface area (Å²) in [6.07, 6.45) is 0. The van der Waals surface area contributed by atoms with Gasteiger partial charge in [0.15, 0.2) is 0 Å². The van der Waals surface area contributed by atoms with E-state index in [1.165, 1.54) is 0 Å². The van der Waals surface area contributed by atoms with Crippen LogP contribution in [0.1, 0.15) is 0 Å². The Bertz CT molecular complexity index is 1060. The second kappa shape index (κ2) is 13.7. The normalized spacial score (nSPS) is 10.6. The highest BCUT2D eigenvalue weighted by atomic mass is 16.9. The summed E-state index contributed by atoms with van der Waals surface area (Å²) in [5.41, 5.74) is 0. The first-order chi connectivity index (χ1) is 19.1. The van der Waals surface area contributed by atoms with Crippen molar-refractivity contribution in [3.05, 3.63) is 97.1 Å². The fourth-order valence-electron chi connectivity index (χ4n) is 3.31. The molecule has 9 nitrogen and oxygen atoms in total. The molecular formula is C30H30O9. The van der Waals surface area contributed by atoms with Crippen molar-refractivity contribution in [2.75, 3.05) is 28.4 Å². The van der Waals surface area contributed by atoms with E-state index in [0.29, 0.717) is 46.0 Å². The molecule has 0 amide bonds. The molecule has 0 radical (unpaired) electrons. The second-order valence-corrected chi connectivity index (χ2v) is 7.89. The molecule has 4 aromatic carbocycles. The van der Waals surface area contributed by atoms with Gasteiger partial charge in [-0.15, -0.1) is 0 Å². The Morgan fingerprint density at radius 1 is 0.308 bits per heavy atom. The van der Waals surface area contributed by atoms with Crippen molar-refractivity contribution in [2.45, 2.75) is 13.0 Å². The Balaban J connectivity index is 1.58. The lowest BCUT2D eigenvalue weighted by atomic mass is 10.3. The molecule has 4 rings (SSSR count). The zero-order valence-electron chi connectivity index (χ0n) is 22.1. The summed E-state index contributed by atoms with van der Waals surface area (Å²) >= 11 is 0. The van der Waals surface area contributed by atoms with Crippen molar-refractivity contribution in [3.8, 4) is 46.0 Å². The molecule has 0 atom stereocenters. The van der Waals surface area contributed by atoms with Crippen LogP contribution < -0.4 is 37.9 Å². The van der Waals surface area contributed by atoms with Crippen molar-refractivity contribution in [1.29, 1.82) is 0 Å². The molecule has 0 unspecified atom stereocenters. The van der Waals surface area contributed by atoms with Crippen molar-refractivity contribution in [1.82, 2.24) is 0 Å². The Labute approximate surface area is 227 Å². The van der Waals surface area contributed by atoms with E-state index < -0.39 is 13.0 Å².